The molecule has 2 aromatic rings. The lowest BCUT2D eigenvalue weighted by Gasteiger charge is -2.44. The maximum absolute atomic E-state index is 12.6. The van der Waals surface area contributed by atoms with Gasteiger partial charge in [0.1, 0.15) is 0 Å². The summed E-state index contributed by atoms with van der Waals surface area (Å²) < 4.78 is 2.00. The average Bonchev–Trinajstić information content (AvgIpc) is 2.94. The molecule has 3 aliphatic rings. The van der Waals surface area contributed by atoms with Crippen LogP contribution in [0.2, 0.25) is 0 Å². The zero-order chi connectivity index (χ0) is 17.4. The van der Waals surface area contributed by atoms with Crippen molar-refractivity contribution in [1.82, 2.24) is 20.0 Å². The Balaban J connectivity index is 1.39. The summed E-state index contributed by atoms with van der Waals surface area (Å²) in [6, 6.07) is 10.3. The molecule has 3 saturated heterocycles. The molecule has 1 atom stereocenters. The topological polar surface area (TPSA) is 50.2 Å². The van der Waals surface area contributed by atoms with Crippen LogP contribution in [-0.2, 0) is 6.54 Å². The number of hydrogen-bond acceptors (Lipinski definition) is 3. The Morgan fingerprint density at radius 2 is 1.92 bits per heavy atom. The summed E-state index contributed by atoms with van der Waals surface area (Å²) in [5, 5.41) is 7.74. The van der Waals surface area contributed by atoms with Crippen molar-refractivity contribution in [2.24, 2.45) is 5.92 Å². The predicted octanol–water partition coefficient (Wildman–Crippen LogP) is 2.37. The number of rotatable bonds is 4. The fourth-order valence-electron chi connectivity index (χ4n) is 4.15. The molecule has 3 aliphatic heterocycles. The normalized spacial score (nSPS) is 25.1. The van der Waals surface area contributed by atoms with E-state index in [1.54, 1.807) is 0 Å². The summed E-state index contributed by atoms with van der Waals surface area (Å²) in [6.07, 6.45) is 2.43. The first kappa shape index (κ1) is 16.3. The highest BCUT2D eigenvalue weighted by Crippen LogP contribution is 2.27. The molecule has 1 aromatic carbocycles. The van der Waals surface area contributed by atoms with Gasteiger partial charge in [0, 0.05) is 23.8 Å². The lowest BCUT2D eigenvalue weighted by atomic mass is 9.84. The molecule has 25 heavy (non-hydrogen) atoms. The standard InChI is InChI=1S/C20H26N4O/c1-14-11-15(2)24(22-14)12-16-3-5-18(6-4-16)20(25)21-19-13-23-9-7-17(19)8-10-23/h3-6,11,17,19H,7-10,12-13H2,1-2H3,(H,21,25). The third-order valence-corrected chi connectivity index (χ3v) is 5.62. The molecule has 1 unspecified atom stereocenters. The number of carbonyl (C=O) groups excluding carboxylic acids is 1. The minimum atomic E-state index is 0.0522. The molecule has 0 radical (unpaired) electrons. The van der Waals surface area contributed by atoms with Crippen LogP contribution in [-0.4, -0.2) is 46.3 Å². The highest BCUT2D eigenvalue weighted by atomic mass is 16.1. The molecule has 132 valence electrons. The van der Waals surface area contributed by atoms with Crippen LogP contribution >= 0.6 is 0 Å². The Hall–Kier alpha value is -2.14. The summed E-state index contributed by atoms with van der Waals surface area (Å²) in [5.74, 6) is 0.704. The number of aromatic nitrogens is 2. The van der Waals surface area contributed by atoms with Crippen LogP contribution in [0, 0.1) is 19.8 Å². The van der Waals surface area contributed by atoms with Gasteiger partial charge in [-0.15, -0.1) is 0 Å². The number of fused-ring (bicyclic) bond motifs is 3. The van der Waals surface area contributed by atoms with Gasteiger partial charge in [-0.2, -0.15) is 5.10 Å². The number of piperidine rings is 3. The quantitative estimate of drug-likeness (QED) is 0.931. The molecule has 3 fully saturated rings. The molecule has 0 aliphatic carbocycles. The summed E-state index contributed by atoms with van der Waals surface area (Å²) in [7, 11) is 0. The number of hydrogen-bond donors (Lipinski definition) is 1. The third-order valence-electron chi connectivity index (χ3n) is 5.62. The van der Waals surface area contributed by atoms with Gasteiger partial charge < -0.3 is 10.2 Å². The highest BCUT2D eigenvalue weighted by Gasteiger charge is 2.34. The molecular formula is C20H26N4O. The van der Waals surface area contributed by atoms with Gasteiger partial charge in [-0.3, -0.25) is 9.48 Å². The van der Waals surface area contributed by atoms with Gasteiger partial charge in [-0.1, -0.05) is 12.1 Å². The first-order valence-electron chi connectivity index (χ1n) is 9.22. The van der Waals surface area contributed by atoms with Crippen LogP contribution in [0.15, 0.2) is 30.3 Å². The number of nitrogens with one attached hydrogen (secondary N) is 1. The zero-order valence-corrected chi connectivity index (χ0v) is 15.0. The second-order valence-electron chi connectivity index (χ2n) is 7.50. The van der Waals surface area contributed by atoms with E-state index in [1.165, 1.54) is 25.9 Å². The van der Waals surface area contributed by atoms with Crippen molar-refractivity contribution in [3.8, 4) is 0 Å². The van der Waals surface area contributed by atoms with E-state index in [4.69, 9.17) is 0 Å². The van der Waals surface area contributed by atoms with E-state index in [0.29, 0.717) is 12.0 Å². The minimum absolute atomic E-state index is 0.0522. The monoisotopic (exact) mass is 338 g/mol. The first-order chi connectivity index (χ1) is 12.1. The van der Waals surface area contributed by atoms with Gasteiger partial charge in [0.15, 0.2) is 0 Å². The van der Waals surface area contributed by atoms with Gasteiger partial charge in [0.25, 0.3) is 5.91 Å². The van der Waals surface area contributed by atoms with Gasteiger partial charge in [0.2, 0.25) is 0 Å². The summed E-state index contributed by atoms with van der Waals surface area (Å²) in [4.78, 5) is 15.0. The van der Waals surface area contributed by atoms with Crippen molar-refractivity contribution < 1.29 is 4.79 Å². The van der Waals surface area contributed by atoms with Crippen molar-refractivity contribution >= 4 is 5.91 Å². The van der Waals surface area contributed by atoms with Crippen LogP contribution < -0.4 is 5.32 Å². The zero-order valence-electron chi connectivity index (χ0n) is 15.0. The largest absolute Gasteiger partial charge is 0.348 e. The molecular weight excluding hydrogens is 312 g/mol. The van der Waals surface area contributed by atoms with E-state index in [1.807, 2.05) is 35.9 Å². The number of benzene rings is 1. The predicted molar refractivity (Wildman–Crippen MR) is 97.7 cm³/mol. The van der Waals surface area contributed by atoms with Crippen molar-refractivity contribution in [3.05, 3.63) is 52.8 Å². The molecule has 1 N–H and O–H groups in total. The lowest BCUT2D eigenvalue weighted by Crippen LogP contribution is -2.57. The summed E-state index contributed by atoms with van der Waals surface area (Å²) >= 11 is 0. The van der Waals surface area contributed by atoms with E-state index in [9.17, 15) is 4.79 Å². The summed E-state index contributed by atoms with van der Waals surface area (Å²) in [5.41, 5.74) is 4.09. The number of nitrogens with zero attached hydrogens (tertiary/aromatic N) is 3. The van der Waals surface area contributed by atoms with Gasteiger partial charge in [-0.25, -0.2) is 0 Å². The van der Waals surface area contributed by atoms with Crippen LogP contribution in [0.5, 0.6) is 0 Å². The van der Waals surface area contributed by atoms with E-state index >= 15 is 0 Å². The molecule has 0 spiro atoms. The highest BCUT2D eigenvalue weighted by molar-refractivity contribution is 5.94. The molecule has 1 aromatic heterocycles. The average molecular weight is 338 g/mol. The smallest absolute Gasteiger partial charge is 0.251 e. The minimum Gasteiger partial charge on any atom is -0.348 e. The molecule has 4 heterocycles. The molecule has 1 amide bonds. The van der Waals surface area contributed by atoms with E-state index < -0.39 is 0 Å². The van der Waals surface area contributed by atoms with Crippen LogP contribution in [0.25, 0.3) is 0 Å². The Morgan fingerprint density at radius 1 is 1.20 bits per heavy atom. The number of aryl methyl sites for hydroxylation is 2. The number of amides is 1. The maximum atomic E-state index is 12.6. The molecule has 5 nitrogen and oxygen atoms in total. The van der Waals surface area contributed by atoms with Gasteiger partial charge in [-0.05, 0) is 69.5 Å². The van der Waals surface area contributed by atoms with Crippen molar-refractivity contribution in [3.63, 3.8) is 0 Å². The van der Waals surface area contributed by atoms with Crippen LogP contribution in [0.1, 0.15) is 40.2 Å². The Labute approximate surface area is 149 Å². The van der Waals surface area contributed by atoms with E-state index in [0.717, 1.165) is 35.6 Å². The second-order valence-corrected chi connectivity index (χ2v) is 7.50. The summed E-state index contributed by atoms with van der Waals surface area (Å²) in [6.45, 7) is 8.20. The van der Waals surface area contributed by atoms with Gasteiger partial charge >= 0.3 is 0 Å². The third kappa shape index (κ3) is 3.47. The Morgan fingerprint density at radius 3 is 2.48 bits per heavy atom. The maximum Gasteiger partial charge on any atom is 0.251 e. The number of carbonyl (C=O) groups is 1. The second kappa shape index (κ2) is 6.64. The molecule has 2 bridgehead atoms. The molecule has 5 heteroatoms. The van der Waals surface area contributed by atoms with Crippen molar-refractivity contribution in [2.45, 2.75) is 39.3 Å². The SMILES string of the molecule is Cc1cc(C)n(Cc2ccc(C(=O)NC3CN4CCC3CC4)cc2)n1. The van der Waals surface area contributed by atoms with Crippen LogP contribution in [0.3, 0.4) is 0 Å². The Kier molecular flexibility index (Phi) is 4.34. The lowest BCUT2D eigenvalue weighted by molar-refractivity contribution is 0.0620. The fourth-order valence-corrected chi connectivity index (χ4v) is 4.15. The molecule has 5 rings (SSSR count). The van der Waals surface area contributed by atoms with E-state index in [-0.39, 0.29) is 5.91 Å². The first-order valence-corrected chi connectivity index (χ1v) is 9.22. The Bertz CT molecular complexity index is 757. The molecule has 0 saturated carbocycles. The van der Waals surface area contributed by atoms with Gasteiger partial charge in [0.05, 0.1) is 12.2 Å². The van der Waals surface area contributed by atoms with Crippen molar-refractivity contribution in [2.75, 3.05) is 19.6 Å². The van der Waals surface area contributed by atoms with E-state index in [2.05, 4.69) is 28.3 Å². The fraction of sp³-hybridized carbons (Fsp3) is 0.500. The van der Waals surface area contributed by atoms with Crippen LogP contribution in [0.4, 0.5) is 0 Å². The van der Waals surface area contributed by atoms with Crippen molar-refractivity contribution in [1.29, 1.82) is 0 Å².